The molecule has 26 heavy (non-hydrogen) atoms. The number of nitrogens with zero attached hydrogens (tertiary/aromatic N) is 1. The maximum absolute atomic E-state index is 9.92. The fourth-order valence-corrected chi connectivity index (χ4v) is 3.58. The van der Waals surface area contributed by atoms with E-state index in [9.17, 15) is 5.11 Å². The van der Waals surface area contributed by atoms with Gasteiger partial charge in [0.2, 0.25) is 0 Å². The Morgan fingerprint density at radius 1 is 0.923 bits per heavy atom. The number of rotatable bonds is 17. The van der Waals surface area contributed by atoms with Crippen LogP contribution in [-0.2, 0) is 4.74 Å². The Balaban J connectivity index is 1.89. The SMILES string of the molecule is CCCCCCCC/C=C\CCCCCCCC(C1=NCCO1)C(C)O. The number of aliphatic hydroxyl groups excluding tert-OH is 1. The van der Waals surface area contributed by atoms with Gasteiger partial charge in [-0.25, -0.2) is 0 Å². The summed E-state index contributed by atoms with van der Waals surface area (Å²) in [5.41, 5.74) is 0. The predicted molar refractivity (Wildman–Crippen MR) is 113 cm³/mol. The van der Waals surface area contributed by atoms with E-state index in [0.717, 1.165) is 25.3 Å². The first kappa shape index (κ1) is 23.2. The van der Waals surface area contributed by atoms with Crippen molar-refractivity contribution in [1.82, 2.24) is 0 Å². The monoisotopic (exact) mass is 365 g/mol. The van der Waals surface area contributed by atoms with Crippen LogP contribution < -0.4 is 0 Å². The molecule has 0 fully saturated rings. The van der Waals surface area contributed by atoms with E-state index in [2.05, 4.69) is 24.1 Å². The fraction of sp³-hybridized carbons (Fsp3) is 0.870. The van der Waals surface area contributed by atoms with Gasteiger partial charge in [-0.1, -0.05) is 76.9 Å². The van der Waals surface area contributed by atoms with E-state index in [1.165, 1.54) is 77.0 Å². The molecule has 1 heterocycles. The van der Waals surface area contributed by atoms with Crippen LogP contribution >= 0.6 is 0 Å². The Kier molecular flexibility index (Phi) is 14.6. The van der Waals surface area contributed by atoms with Gasteiger partial charge >= 0.3 is 0 Å². The van der Waals surface area contributed by atoms with Gasteiger partial charge < -0.3 is 9.84 Å². The summed E-state index contributed by atoms with van der Waals surface area (Å²) >= 11 is 0. The molecule has 3 nitrogen and oxygen atoms in total. The van der Waals surface area contributed by atoms with Crippen molar-refractivity contribution in [3.05, 3.63) is 12.2 Å². The van der Waals surface area contributed by atoms with Crippen LogP contribution in [0.15, 0.2) is 17.1 Å². The van der Waals surface area contributed by atoms with Crippen LogP contribution in [0.4, 0.5) is 0 Å². The molecule has 0 saturated carbocycles. The van der Waals surface area contributed by atoms with E-state index >= 15 is 0 Å². The van der Waals surface area contributed by atoms with Crippen molar-refractivity contribution in [1.29, 1.82) is 0 Å². The molecule has 0 spiro atoms. The molecule has 0 aromatic carbocycles. The Morgan fingerprint density at radius 2 is 1.50 bits per heavy atom. The molecule has 3 heteroatoms. The van der Waals surface area contributed by atoms with Crippen LogP contribution in [0.5, 0.6) is 0 Å². The lowest BCUT2D eigenvalue weighted by atomic mass is 9.95. The molecule has 2 unspecified atom stereocenters. The molecule has 1 aliphatic rings. The molecule has 0 bridgehead atoms. The van der Waals surface area contributed by atoms with Crippen LogP contribution in [0.2, 0.25) is 0 Å². The number of allylic oxidation sites excluding steroid dienone is 2. The van der Waals surface area contributed by atoms with Crippen molar-refractivity contribution < 1.29 is 9.84 Å². The van der Waals surface area contributed by atoms with Crippen molar-refractivity contribution in [3.63, 3.8) is 0 Å². The number of aliphatic hydroxyl groups is 1. The number of hydrogen-bond acceptors (Lipinski definition) is 3. The fourth-order valence-electron chi connectivity index (χ4n) is 3.58. The summed E-state index contributed by atoms with van der Waals surface area (Å²) in [5.74, 6) is 0.887. The Bertz CT molecular complexity index is 376. The van der Waals surface area contributed by atoms with E-state index in [0.29, 0.717) is 6.61 Å². The normalized spacial score (nSPS) is 16.7. The van der Waals surface area contributed by atoms with Crippen molar-refractivity contribution in [2.75, 3.05) is 13.2 Å². The number of aliphatic imine (C=N–C) groups is 1. The minimum absolute atomic E-state index is 0.0994. The van der Waals surface area contributed by atoms with Gasteiger partial charge in [0.1, 0.15) is 6.61 Å². The van der Waals surface area contributed by atoms with Crippen molar-refractivity contribution in [3.8, 4) is 0 Å². The molecule has 0 aromatic rings. The second kappa shape index (κ2) is 16.4. The molecule has 0 radical (unpaired) electrons. The molecule has 0 saturated heterocycles. The average molecular weight is 366 g/mol. The number of ether oxygens (including phenoxy) is 1. The largest absolute Gasteiger partial charge is 0.479 e. The summed E-state index contributed by atoms with van der Waals surface area (Å²) < 4.78 is 5.53. The van der Waals surface area contributed by atoms with Crippen LogP contribution in [0.1, 0.15) is 104 Å². The first-order valence-electron chi connectivity index (χ1n) is 11.3. The summed E-state index contributed by atoms with van der Waals surface area (Å²) in [6.45, 7) is 5.57. The lowest BCUT2D eigenvalue weighted by Crippen LogP contribution is -2.26. The highest BCUT2D eigenvalue weighted by Crippen LogP contribution is 2.20. The molecular weight excluding hydrogens is 322 g/mol. The third kappa shape index (κ3) is 11.7. The van der Waals surface area contributed by atoms with Crippen LogP contribution in [0.3, 0.4) is 0 Å². The third-order valence-corrected chi connectivity index (χ3v) is 5.29. The summed E-state index contributed by atoms with van der Waals surface area (Å²) in [6.07, 6.45) is 22.6. The van der Waals surface area contributed by atoms with Crippen molar-refractivity contribution >= 4 is 5.90 Å². The van der Waals surface area contributed by atoms with Gasteiger partial charge in [0.05, 0.1) is 18.6 Å². The zero-order valence-electron chi connectivity index (χ0n) is 17.4. The quantitative estimate of drug-likeness (QED) is 0.238. The third-order valence-electron chi connectivity index (χ3n) is 5.29. The topological polar surface area (TPSA) is 41.8 Å². The highest BCUT2D eigenvalue weighted by molar-refractivity contribution is 5.80. The smallest absolute Gasteiger partial charge is 0.189 e. The molecule has 0 aromatic heterocycles. The first-order chi connectivity index (χ1) is 12.8. The summed E-state index contributed by atoms with van der Waals surface area (Å²) in [4.78, 5) is 4.37. The minimum atomic E-state index is -0.358. The predicted octanol–water partition coefficient (Wildman–Crippen LogP) is 6.45. The highest BCUT2D eigenvalue weighted by atomic mass is 16.5. The van der Waals surface area contributed by atoms with E-state index in [1.807, 2.05) is 6.92 Å². The molecule has 1 aliphatic heterocycles. The molecular formula is C23H43NO2. The Morgan fingerprint density at radius 3 is 2.04 bits per heavy atom. The molecule has 0 aliphatic carbocycles. The first-order valence-corrected chi connectivity index (χ1v) is 11.3. The maximum Gasteiger partial charge on any atom is 0.189 e. The van der Waals surface area contributed by atoms with Gasteiger partial charge in [-0.05, 0) is 39.0 Å². The molecule has 152 valence electrons. The van der Waals surface area contributed by atoms with Gasteiger partial charge in [0.15, 0.2) is 5.90 Å². The molecule has 2 atom stereocenters. The second-order valence-electron chi connectivity index (χ2n) is 7.79. The lowest BCUT2D eigenvalue weighted by Gasteiger charge is -2.19. The van der Waals surface area contributed by atoms with Gasteiger partial charge in [0.25, 0.3) is 0 Å². The number of unbranched alkanes of at least 4 members (excludes halogenated alkanes) is 11. The standard InChI is InChI=1S/C23H43NO2/c1-3-4-5-6-7-8-9-10-11-12-13-14-15-16-17-18-22(21(2)25)23-24-19-20-26-23/h10-11,21-22,25H,3-9,12-20H2,1-2H3/b11-10-. The van der Waals surface area contributed by atoms with Crippen molar-refractivity contribution in [2.24, 2.45) is 10.9 Å². The zero-order chi connectivity index (χ0) is 18.9. The van der Waals surface area contributed by atoms with E-state index < -0.39 is 0 Å². The zero-order valence-corrected chi connectivity index (χ0v) is 17.4. The van der Waals surface area contributed by atoms with E-state index in [4.69, 9.17) is 4.74 Å². The second-order valence-corrected chi connectivity index (χ2v) is 7.79. The van der Waals surface area contributed by atoms with Crippen LogP contribution in [0.25, 0.3) is 0 Å². The summed E-state index contributed by atoms with van der Waals surface area (Å²) in [5, 5.41) is 9.92. The minimum Gasteiger partial charge on any atom is -0.479 e. The average Bonchev–Trinajstić information content (AvgIpc) is 3.15. The molecule has 0 amide bonds. The van der Waals surface area contributed by atoms with E-state index in [1.54, 1.807) is 0 Å². The summed E-state index contributed by atoms with van der Waals surface area (Å²) in [6, 6.07) is 0. The van der Waals surface area contributed by atoms with Gasteiger partial charge in [-0.2, -0.15) is 0 Å². The van der Waals surface area contributed by atoms with Crippen LogP contribution in [-0.4, -0.2) is 30.3 Å². The lowest BCUT2D eigenvalue weighted by molar-refractivity contribution is 0.137. The number of hydrogen-bond donors (Lipinski definition) is 1. The van der Waals surface area contributed by atoms with E-state index in [-0.39, 0.29) is 12.0 Å². The molecule has 1 N–H and O–H groups in total. The van der Waals surface area contributed by atoms with Gasteiger partial charge in [-0.15, -0.1) is 0 Å². The molecule has 1 rings (SSSR count). The highest BCUT2D eigenvalue weighted by Gasteiger charge is 2.24. The summed E-state index contributed by atoms with van der Waals surface area (Å²) in [7, 11) is 0. The van der Waals surface area contributed by atoms with Crippen LogP contribution in [0, 0.1) is 5.92 Å². The Hall–Kier alpha value is -0.830. The van der Waals surface area contributed by atoms with Gasteiger partial charge in [-0.3, -0.25) is 4.99 Å². The van der Waals surface area contributed by atoms with Crippen molar-refractivity contribution in [2.45, 2.75) is 110 Å². The van der Waals surface area contributed by atoms with Gasteiger partial charge in [0, 0.05) is 0 Å². The Labute approximate surface area is 162 Å². The maximum atomic E-state index is 9.92.